The third-order valence-corrected chi connectivity index (χ3v) is 2.09. The second-order valence-corrected chi connectivity index (χ2v) is 3.29. The van der Waals surface area contributed by atoms with Crippen LogP contribution in [0.15, 0.2) is 18.2 Å². The molecule has 0 unspecified atom stereocenters. The fraction of sp³-hybridized carbons (Fsp3) is 0.333. The fourth-order valence-electron chi connectivity index (χ4n) is 1.09. The predicted octanol–water partition coefficient (Wildman–Crippen LogP) is 1.03. The van der Waals surface area contributed by atoms with Gasteiger partial charge in [-0.25, -0.2) is 9.82 Å². The van der Waals surface area contributed by atoms with Gasteiger partial charge in [-0.05, 0) is 24.1 Å². The Morgan fingerprint density at radius 3 is 2.86 bits per heavy atom. The summed E-state index contributed by atoms with van der Waals surface area (Å²) in [4.78, 5) is 0. The summed E-state index contributed by atoms with van der Waals surface area (Å²) in [5.41, 5.74) is 3.48. The summed E-state index contributed by atoms with van der Waals surface area (Å²) in [7, 11) is 0. The number of hydrogen-bond acceptors (Lipinski definition) is 3. The number of rotatable bonds is 5. The number of nitrogens with two attached hydrogens (primary N) is 1. The van der Waals surface area contributed by atoms with Gasteiger partial charge in [0.1, 0.15) is 5.82 Å². The summed E-state index contributed by atoms with van der Waals surface area (Å²) < 4.78 is 12.8. The first-order valence-electron chi connectivity index (χ1n) is 4.32. The monoisotopic (exact) mass is 217 g/mol. The molecule has 5 heteroatoms. The number of hydrazine groups is 1. The van der Waals surface area contributed by atoms with E-state index < -0.39 is 0 Å². The van der Waals surface area contributed by atoms with Gasteiger partial charge in [0.05, 0.1) is 11.7 Å². The zero-order valence-corrected chi connectivity index (χ0v) is 8.44. The molecule has 0 amide bonds. The first-order valence-corrected chi connectivity index (χ1v) is 4.70. The largest absolute Gasteiger partial charge is 0.303 e. The molecule has 1 rings (SSSR count). The Bertz CT molecular complexity index is 293. The van der Waals surface area contributed by atoms with Gasteiger partial charge < -0.3 is 5.32 Å². The molecule has 1 aromatic rings. The van der Waals surface area contributed by atoms with Crippen LogP contribution in [-0.2, 0) is 6.42 Å². The third-order valence-electron chi connectivity index (χ3n) is 1.80. The molecule has 0 aliphatic carbocycles. The van der Waals surface area contributed by atoms with Gasteiger partial charge >= 0.3 is 0 Å². The van der Waals surface area contributed by atoms with Gasteiger partial charge in [0.2, 0.25) is 0 Å². The van der Waals surface area contributed by atoms with Crippen LogP contribution in [0.4, 0.5) is 4.39 Å². The Morgan fingerprint density at radius 1 is 1.43 bits per heavy atom. The standard InChI is InChI=1S/C9H13ClFN3/c10-8-5-7(1-2-9(8)11)3-4-13-6-14-12/h1-2,5,13-14H,3-4,6,12H2. The molecule has 1 aromatic carbocycles. The summed E-state index contributed by atoms with van der Waals surface area (Å²) in [6.07, 6.45) is 0.793. The van der Waals surface area contributed by atoms with Crippen LogP contribution >= 0.6 is 11.6 Å². The van der Waals surface area contributed by atoms with E-state index in [2.05, 4.69) is 10.7 Å². The maximum absolute atomic E-state index is 12.8. The van der Waals surface area contributed by atoms with Gasteiger partial charge in [-0.2, -0.15) is 0 Å². The maximum atomic E-state index is 12.8. The predicted molar refractivity (Wildman–Crippen MR) is 55.3 cm³/mol. The van der Waals surface area contributed by atoms with E-state index >= 15 is 0 Å². The highest BCUT2D eigenvalue weighted by molar-refractivity contribution is 6.30. The lowest BCUT2D eigenvalue weighted by Gasteiger charge is -2.04. The van der Waals surface area contributed by atoms with Crippen molar-refractivity contribution in [1.29, 1.82) is 0 Å². The quantitative estimate of drug-likeness (QED) is 0.299. The first kappa shape index (κ1) is 11.4. The molecule has 0 bridgehead atoms. The second kappa shape index (κ2) is 5.93. The molecule has 0 heterocycles. The van der Waals surface area contributed by atoms with Gasteiger partial charge in [-0.3, -0.25) is 5.84 Å². The molecule has 4 N–H and O–H groups in total. The van der Waals surface area contributed by atoms with Crippen LogP contribution in [0.3, 0.4) is 0 Å². The Morgan fingerprint density at radius 2 is 2.21 bits per heavy atom. The zero-order chi connectivity index (χ0) is 10.4. The van der Waals surface area contributed by atoms with E-state index in [1.807, 2.05) is 0 Å². The summed E-state index contributed by atoms with van der Waals surface area (Å²) in [5, 5.41) is 3.21. The highest BCUT2D eigenvalue weighted by Crippen LogP contribution is 2.15. The summed E-state index contributed by atoms with van der Waals surface area (Å²) >= 11 is 5.63. The van der Waals surface area contributed by atoms with Crippen molar-refractivity contribution in [1.82, 2.24) is 10.7 Å². The molecule has 78 valence electrons. The lowest BCUT2D eigenvalue weighted by molar-refractivity contribution is 0.600. The van der Waals surface area contributed by atoms with Crippen molar-refractivity contribution in [3.63, 3.8) is 0 Å². The van der Waals surface area contributed by atoms with Gasteiger partial charge in [-0.1, -0.05) is 17.7 Å². The second-order valence-electron chi connectivity index (χ2n) is 2.88. The van der Waals surface area contributed by atoms with E-state index in [0.717, 1.165) is 18.5 Å². The molecule has 0 atom stereocenters. The minimum Gasteiger partial charge on any atom is -0.303 e. The lowest BCUT2D eigenvalue weighted by atomic mass is 10.1. The average Bonchev–Trinajstić information content (AvgIpc) is 2.18. The molecule has 0 aliphatic heterocycles. The SMILES string of the molecule is NNCNCCc1ccc(F)c(Cl)c1. The van der Waals surface area contributed by atoms with Gasteiger partial charge in [0, 0.05) is 6.54 Å². The Balaban J connectivity index is 2.39. The molecular formula is C9H13ClFN3. The fourth-order valence-corrected chi connectivity index (χ4v) is 1.29. The van der Waals surface area contributed by atoms with E-state index in [1.54, 1.807) is 12.1 Å². The van der Waals surface area contributed by atoms with E-state index in [9.17, 15) is 4.39 Å². The molecule has 0 spiro atoms. The topological polar surface area (TPSA) is 50.1 Å². The normalized spacial score (nSPS) is 10.5. The summed E-state index contributed by atoms with van der Waals surface area (Å²) in [6.45, 7) is 1.32. The molecule has 14 heavy (non-hydrogen) atoms. The number of hydrogen-bond donors (Lipinski definition) is 3. The van der Waals surface area contributed by atoms with Crippen molar-refractivity contribution in [3.05, 3.63) is 34.6 Å². The number of nitrogens with one attached hydrogen (secondary N) is 2. The molecule has 3 nitrogen and oxygen atoms in total. The Kier molecular flexibility index (Phi) is 4.82. The van der Waals surface area contributed by atoms with Gasteiger partial charge in [-0.15, -0.1) is 0 Å². The maximum Gasteiger partial charge on any atom is 0.141 e. The Labute approximate surface area is 87.4 Å². The minimum atomic E-state index is -0.382. The van der Waals surface area contributed by atoms with Crippen molar-refractivity contribution in [2.45, 2.75) is 6.42 Å². The molecular weight excluding hydrogens is 205 g/mol. The third kappa shape index (κ3) is 3.59. The number of halogens is 2. The van der Waals surface area contributed by atoms with Crippen LogP contribution in [0, 0.1) is 5.82 Å². The van der Waals surface area contributed by atoms with Crippen molar-refractivity contribution in [2.75, 3.05) is 13.2 Å². The van der Waals surface area contributed by atoms with Crippen LogP contribution in [-0.4, -0.2) is 13.2 Å². The van der Waals surface area contributed by atoms with Gasteiger partial charge in [0.15, 0.2) is 0 Å². The molecule has 0 aromatic heterocycles. The van der Waals surface area contributed by atoms with Crippen molar-refractivity contribution < 1.29 is 4.39 Å². The summed E-state index contributed by atoms with van der Waals surface area (Å²) in [6, 6.07) is 4.73. The molecule has 0 radical (unpaired) electrons. The van der Waals surface area contributed by atoms with Crippen LogP contribution in [0.25, 0.3) is 0 Å². The van der Waals surface area contributed by atoms with Gasteiger partial charge in [0.25, 0.3) is 0 Å². The van der Waals surface area contributed by atoms with Crippen LogP contribution < -0.4 is 16.6 Å². The van der Waals surface area contributed by atoms with Crippen molar-refractivity contribution in [3.8, 4) is 0 Å². The molecule has 0 saturated carbocycles. The highest BCUT2D eigenvalue weighted by atomic mass is 35.5. The molecule has 0 aliphatic rings. The van der Waals surface area contributed by atoms with E-state index in [0.29, 0.717) is 6.67 Å². The average molecular weight is 218 g/mol. The van der Waals surface area contributed by atoms with E-state index in [4.69, 9.17) is 17.4 Å². The number of benzene rings is 1. The van der Waals surface area contributed by atoms with Crippen LogP contribution in [0.1, 0.15) is 5.56 Å². The first-order chi connectivity index (χ1) is 6.74. The van der Waals surface area contributed by atoms with E-state index in [1.165, 1.54) is 6.07 Å². The van der Waals surface area contributed by atoms with E-state index in [-0.39, 0.29) is 10.8 Å². The van der Waals surface area contributed by atoms with Crippen molar-refractivity contribution in [2.24, 2.45) is 5.84 Å². The highest BCUT2D eigenvalue weighted by Gasteiger charge is 1.99. The molecule has 0 fully saturated rings. The van der Waals surface area contributed by atoms with Crippen molar-refractivity contribution >= 4 is 11.6 Å². The summed E-state index contributed by atoms with van der Waals surface area (Å²) in [5.74, 6) is 4.69. The smallest absolute Gasteiger partial charge is 0.141 e. The Hall–Kier alpha value is -0.680. The van der Waals surface area contributed by atoms with Crippen LogP contribution in [0.5, 0.6) is 0 Å². The molecule has 0 saturated heterocycles. The zero-order valence-electron chi connectivity index (χ0n) is 7.69. The van der Waals surface area contributed by atoms with Crippen LogP contribution in [0.2, 0.25) is 5.02 Å². The lowest BCUT2D eigenvalue weighted by Crippen LogP contribution is -2.34. The minimum absolute atomic E-state index is 0.166.